The van der Waals surface area contributed by atoms with Gasteiger partial charge < -0.3 is 19.9 Å². The maximum absolute atomic E-state index is 13.0. The fourth-order valence-corrected chi connectivity index (χ4v) is 5.70. The number of para-hydroxylation sites is 1. The monoisotopic (exact) mass is 596 g/mol. The second-order valence-electron chi connectivity index (χ2n) is 10.6. The SMILES string of the molecule is CN(CCN1CCC(OC(=O)Nc2ccccc2-c2ccccc2)CC1)C(=O)c1ccc(CNC(=O)c2cccs2)cc1. The van der Waals surface area contributed by atoms with Crippen LogP contribution in [-0.4, -0.2) is 67.0 Å². The molecule has 222 valence electrons. The smallest absolute Gasteiger partial charge is 0.411 e. The van der Waals surface area contributed by atoms with Crippen molar-refractivity contribution in [2.75, 3.05) is 38.5 Å². The van der Waals surface area contributed by atoms with Crippen molar-refractivity contribution in [1.82, 2.24) is 15.1 Å². The average Bonchev–Trinajstić information content (AvgIpc) is 3.59. The molecule has 1 saturated heterocycles. The zero-order valence-electron chi connectivity index (χ0n) is 24.2. The van der Waals surface area contributed by atoms with Crippen molar-refractivity contribution in [1.29, 1.82) is 0 Å². The Labute approximate surface area is 256 Å². The number of hydrogen-bond acceptors (Lipinski definition) is 6. The molecule has 3 aromatic carbocycles. The van der Waals surface area contributed by atoms with Crippen molar-refractivity contribution in [2.24, 2.45) is 0 Å². The van der Waals surface area contributed by atoms with Gasteiger partial charge in [-0.3, -0.25) is 14.9 Å². The minimum Gasteiger partial charge on any atom is -0.446 e. The Bertz CT molecular complexity index is 1500. The van der Waals surface area contributed by atoms with Gasteiger partial charge in [0.25, 0.3) is 11.8 Å². The highest BCUT2D eigenvalue weighted by molar-refractivity contribution is 7.12. The lowest BCUT2D eigenvalue weighted by atomic mass is 10.0. The summed E-state index contributed by atoms with van der Waals surface area (Å²) in [4.78, 5) is 42.5. The second-order valence-corrected chi connectivity index (χ2v) is 11.5. The second kappa shape index (κ2) is 14.6. The number of carbonyl (C=O) groups excluding carboxylic acids is 3. The third-order valence-electron chi connectivity index (χ3n) is 7.55. The maximum atomic E-state index is 13.0. The molecule has 4 aromatic rings. The van der Waals surface area contributed by atoms with Crippen LogP contribution in [0.3, 0.4) is 0 Å². The predicted octanol–water partition coefficient (Wildman–Crippen LogP) is 6.13. The molecule has 1 aliphatic rings. The molecular weight excluding hydrogens is 560 g/mol. The summed E-state index contributed by atoms with van der Waals surface area (Å²) >= 11 is 1.40. The highest BCUT2D eigenvalue weighted by Gasteiger charge is 2.23. The quantitative estimate of drug-likeness (QED) is 0.230. The molecule has 2 heterocycles. The number of rotatable bonds is 10. The van der Waals surface area contributed by atoms with Crippen LogP contribution in [0.2, 0.25) is 0 Å². The van der Waals surface area contributed by atoms with Crippen molar-refractivity contribution < 1.29 is 19.1 Å². The minimum atomic E-state index is -0.442. The summed E-state index contributed by atoms with van der Waals surface area (Å²) in [5.74, 6) is -0.141. The van der Waals surface area contributed by atoms with Crippen LogP contribution in [0.25, 0.3) is 11.1 Å². The molecule has 0 unspecified atom stereocenters. The summed E-state index contributed by atoms with van der Waals surface area (Å²) in [6, 6.07) is 28.6. The molecule has 8 nitrogen and oxygen atoms in total. The van der Waals surface area contributed by atoms with E-state index in [2.05, 4.69) is 15.5 Å². The summed E-state index contributed by atoms with van der Waals surface area (Å²) in [6.45, 7) is 3.35. The van der Waals surface area contributed by atoms with Crippen LogP contribution in [0.4, 0.5) is 10.5 Å². The lowest BCUT2D eigenvalue weighted by molar-refractivity contribution is 0.0540. The summed E-state index contributed by atoms with van der Waals surface area (Å²) in [7, 11) is 1.81. The molecular formula is C34H36N4O4S. The van der Waals surface area contributed by atoms with Crippen molar-refractivity contribution in [3.63, 3.8) is 0 Å². The number of piperidine rings is 1. The van der Waals surface area contributed by atoms with E-state index in [0.29, 0.717) is 23.5 Å². The molecule has 0 saturated carbocycles. The van der Waals surface area contributed by atoms with Crippen molar-refractivity contribution >= 4 is 34.9 Å². The average molecular weight is 597 g/mol. The number of likely N-dealkylation sites (N-methyl/N-ethyl adjacent to an activating group) is 1. The van der Waals surface area contributed by atoms with Crippen LogP contribution < -0.4 is 10.6 Å². The highest BCUT2D eigenvalue weighted by Crippen LogP contribution is 2.28. The maximum Gasteiger partial charge on any atom is 0.411 e. The van der Waals surface area contributed by atoms with E-state index < -0.39 is 6.09 Å². The highest BCUT2D eigenvalue weighted by atomic mass is 32.1. The first-order chi connectivity index (χ1) is 21.0. The number of benzene rings is 3. The molecule has 3 amide bonds. The van der Waals surface area contributed by atoms with Crippen molar-refractivity contribution in [3.8, 4) is 11.1 Å². The lowest BCUT2D eigenvalue weighted by Crippen LogP contribution is -2.42. The zero-order valence-corrected chi connectivity index (χ0v) is 25.0. The molecule has 43 heavy (non-hydrogen) atoms. The Morgan fingerprint density at radius 3 is 2.35 bits per heavy atom. The Morgan fingerprint density at radius 2 is 1.63 bits per heavy atom. The van der Waals surface area contributed by atoms with Gasteiger partial charge in [0.15, 0.2) is 0 Å². The number of likely N-dealkylation sites (tertiary alicyclic amines) is 1. The van der Waals surface area contributed by atoms with Crippen molar-refractivity contribution in [3.05, 3.63) is 112 Å². The Balaban J connectivity index is 1.02. The first-order valence-electron chi connectivity index (χ1n) is 14.5. The summed E-state index contributed by atoms with van der Waals surface area (Å²) in [6.07, 6.45) is 0.905. The molecule has 2 N–H and O–H groups in total. The number of anilines is 1. The number of hydrogen-bond donors (Lipinski definition) is 2. The molecule has 0 aliphatic carbocycles. The van der Waals surface area contributed by atoms with E-state index in [0.717, 1.165) is 54.9 Å². The molecule has 0 atom stereocenters. The number of nitrogens with zero attached hydrogens (tertiary/aromatic N) is 2. The first-order valence-corrected chi connectivity index (χ1v) is 15.3. The third-order valence-corrected chi connectivity index (χ3v) is 8.42. The molecule has 0 radical (unpaired) electrons. The van der Waals surface area contributed by atoms with Gasteiger partial charge in [0.2, 0.25) is 0 Å². The number of nitrogens with one attached hydrogen (secondary N) is 2. The van der Waals surface area contributed by atoms with E-state index in [1.54, 1.807) is 23.1 Å². The molecule has 9 heteroatoms. The van der Waals surface area contributed by atoms with E-state index in [1.807, 2.05) is 85.2 Å². The Kier molecular flexibility index (Phi) is 10.2. The van der Waals surface area contributed by atoms with Crippen LogP contribution in [0.15, 0.2) is 96.4 Å². The minimum absolute atomic E-state index is 0.0418. The largest absolute Gasteiger partial charge is 0.446 e. The molecule has 1 fully saturated rings. The van der Waals surface area contributed by atoms with Crippen LogP contribution in [0.5, 0.6) is 0 Å². The van der Waals surface area contributed by atoms with E-state index in [4.69, 9.17) is 4.74 Å². The molecule has 5 rings (SSSR count). The van der Waals surface area contributed by atoms with E-state index in [-0.39, 0.29) is 17.9 Å². The van der Waals surface area contributed by atoms with Gasteiger partial charge >= 0.3 is 6.09 Å². The normalized spacial score (nSPS) is 13.7. The van der Waals surface area contributed by atoms with Gasteiger partial charge in [0.1, 0.15) is 6.10 Å². The van der Waals surface area contributed by atoms with Crippen LogP contribution in [0.1, 0.15) is 38.4 Å². The van der Waals surface area contributed by atoms with Gasteiger partial charge in [-0.25, -0.2) is 4.79 Å². The standard InChI is InChI=1S/C34H36N4O4S/c1-37(33(40)27-15-13-25(14-16-27)24-35-32(39)31-12-7-23-43-31)21-22-38-19-17-28(18-20-38)42-34(41)36-30-11-6-5-10-29(30)26-8-3-2-4-9-26/h2-16,23,28H,17-22,24H2,1H3,(H,35,39)(H,36,41). The fraction of sp³-hybridized carbons (Fsp3) is 0.265. The summed E-state index contributed by atoms with van der Waals surface area (Å²) < 4.78 is 5.75. The molecule has 0 spiro atoms. The predicted molar refractivity (Wildman–Crippen MR) is 170 cm³/mol. The van der Waals surface area contributed by atoms with Gasteiger partial charge in [-0.15, -0.1) is 11.3 Å². The van der Waals surface area contributed by atoms with Gasteiger partial charge in [-0.05, 0) is 53.6 Å². The van der Waals surface area contributed by atoms with E-state index >= 15 is 0 Å². The molecule has 1 aromatic heterocycles. The Morgan fingerprint density at radius 1 is 0.907 bits per heavy atom. The first kappa shape index (κ1) is 30.0. The third kappa shape index (κ3) is 8.30. The van der Waals surface area contributed by atoms with Gasteiger partial charge in [0, 0.05) is 50.9 Å². The van der Waals surface area contributed by atoms with Crippen LogP contribution >= 0.6 is 11.3 Å². The van der Waals surface area contributed by atoms with Crippen LogP contribution in [0, 0.1) is 0 Å². The van der Waals surface area contributed by atoms with Gasteiger partial charge in [-0.2, -0.15) is 0 Å². The van der Waals surface area contributed by atoms with E-state index in [1.165, 1.54) is 11.3 Å². The summed E-state index contributed by atoms with van der Waals surface area (Å²) in [5.41, 5.74) is 4.25. The van der Waals surface area contributed by atoms with E-state index in [9.17, 15) is 14.4 Å². The lowest BCUT2D eigenvalue weighted by Gasteiger charge is -2.32. The van der Waals surface area contributed by atoms with Gasteiger partial charge in [-0.1, -0.05) is 66.7 Å². The van der Waals surface area contributed by atoms with Crippen molar-refractivity contribution in [2.45, 2.75) is 25.5 Å². The van der Waals surface area contributed by atoms with Gasteiger partial charge in [0.05, 0.1) is 10.6 Å². The zero-order chi connectivity index (χ0) is 30.0. The number of carbonyl (C=O) groups is 3. The Hall–Kier alpha value is -4.47. The fourth-order valence-electron chi connectivity index (χ4n) is 5.06. The van der Waals surface area contributed by atoms with Crippen LogP contribution in [-0.2, 0) is 11.3 Å². The summed E-state index contributed by atoms with van der Waals surface area (Å²) in [5, 5.41) is 7.69. The number of thiophene rings is 1. The number of amides is 3. The molecule has 0 bridgehead atoms. The molecule has 1 aliphatic heterocycles. The number of ether oxygens (including phenoxy) is 1. The topological polar surface area (TPSA) is 91.0 Å².